The zero-order valence-electron chi connectivity index (χ0n) is 20.7. The highest BCUT2D eigenvalue weighted by Gasteiger charge is 2.26. The Morgan fingerprint density at radius 2 is 1.56 bits per heavy atom. The third kappa shape index (κ3) is 8.11. The number of hydrogen-bond acceptors (Lipinski definition) is 6. The minimum atomic E-state index is -3.31. The number of anilines is 1. The fourth-order valence-corrected chi connectivity index (χ4v) is 5.34. The molecule has 2 aromatic rings. The number of likely N-dealkylation sites (tertiary alicyclic amines) is 1. The van der Waals surface area contributed by atoms with Crippen LogP contribution in [0.3, 0.4) is 0 Å². The molecular formula is C26H36N4O5S. The molecule has 2 fully saturated rings. The van der Waals surface area contributed by atoms with Crippen molar-refractivity contribution in [2.45, 2.75) is 63.3 Å². The molecule has 36 heavy (non-hydrogen) atoms. The largest absolute Gasteiger partial charge is 0.457 e. The van der Waals surface area contributed by atoms with Crippen molar-refractivity contribution in [1.29, 1.82) is 0 Å². The van der Waals surface area contributed by atoms with Gasteiger partial charge < -0.3 is 20.5 Å². The molecule has 4 N–H and O–H groups in total. The molecule has 1 aliphatic heterocycles. The van der Waals surface area contributed by atoms with Crippen LogP contribution in [-0.4, -0.2) is 62.0 Å². The molecule has 1 aliphatic carbocycles. The summed E-state index contributed by atoms with van der Waals surface area (Å²) >= 11 is 0. The second-order valence-corrected chi connectivity index (χ2v) is 11.5. The van der Waals surface area contributed by atoms with Gasteiger partial charge >= 0.3 is 6.03 Å². The maximum absolute atomic E-state index is 12.3. The first-order valence-corrected chi connectivity index (χ1v) is 14.4. The second kappa shape index (κ2) is 11.9. The van der Waals surface area contributed by atoms with Crippen LogP contribution in [0.1, 0.15) is 44.1 Å². The number of carbonyl (C=O) groups excluding carboxylic acids is 1. The predicted molar refractivity (Wildman–Crippen MR) is 140 cm³/mol. The number of sulfonamides is 1. The Kier molecular flexibility index (Phi) is 8.71. The molecule has 2 atom stereocenters. The molecule has 0 spiro atoms. The summed E-state index contributed by atoms with van der Waals surface area (Å²) in [7, 11) is -3.31. The first-order chi connectivity index (χ1) is 17.2. The van der Waals surface area contributed by atoms with Crippen molar-refractivity contribution in [2.75, 3.05) is 24.1 Å². The number of carbonyl (C=O) groups is 1. The van der Waals surface area contributed by atoms with Gasteiger partial charge in [-0.05, 0) is 67.6 Å². The summed E-state index contributed by atoms with van der Waals surface area (Å²) in [6, 6.07) is 14.5. The van der Waals surface area contributed by atoms with Gasteiger partial charge in [-0.2, -0.15) is 0 Å². The van der Waals surface area contributed by atoms with Crippen LogP contribution in [0.5, 0.6) is 11.5 Å². The van der Waals surface area contributed by atoms with E-state index in [4.69, 9.17) is 4.74 Å². The van der Waals surface area contributed by atoms with Crippen molar-refractivity contribution in [3.63, 3.8) is 0 Å². The van der Waals surface area contributed by atoms with Crippen LogP contribution in [0.15, 0.2) is 48.5 Å². The van der Waals surface area contributed by atoms with Crippen LogP contribution in [0.4, 0.5) is 10.5 Å². The molecule has 2 aliphatic rings. The molecule has 2 amide bonds. The Morgan fingerprint density at radius 1 is 0.944 bits per heavy atom. The molecule has 0 aromatic heterocycles. The summed E-state index contributed by atoms with van der Waals surface area (Å²) in [5.41, 5.74) is 1.67. The summed E-state index contributed by atoms with van der Waals surface area (Å²) in [6.45, 7) is 2.64. The molecule has 1 saturated carbocycles. The van der Waals surface area contributed by atoms with Crippen LogP contribution < -0.4 is 20.1 Å². The monoisotopic (exact) mass is 516 g/mol. The molecule has 2 aromatic carbocycles. The van der Waals surface area contributed by atoms with E-state index in [1.807, 2.05) is 24.3 Å². The smallest absolute Gasteiger partial charge is 0.315 e. The van der Waals surface area contributed by atoms with E-state index < -0.39 is 16.1 Å². The third-order valence-electron chi connectivity index (χ3n) is 6.69. The number of rotatable bonds is 8. The van der Waals surface area contributed by atoms with Crippen molar-refractivity contribution < 1.29 is 23.1 Å². The number of aliphatic hydroxyl groups is 1. The van der Waals surface area contributed by atoms with Gasteiger partial charge in [0.1, 0.15) is 11.5 Å². The van der Waals surface area contributed by atoms with Crippen molar-refractivity contribution in [2.24, 2.45) is 0 Å². The topological polar surface area (TPSA) is 120 Å². The lowest BCUT2D eigenvalue weighted by molar-refractivity contribution is 0.0934. The van der Waals surface area contributed by atoms with Crippen molar-refractivity contribution in [3.05, 3.63) is 54.1 Å². The summed E-state index contributed by atoms with van der Waals surface area (Å²) in [5, 5.41) is 16.1. The van der Waals surface area contributed by atoms with Crippen molar-refractivity contribution >= 4 is 21.7 Å². The van der Waals surface area contributed by atoms with Gasteiger partial charge in [0.25, 0.3) is 0 Å². The van der Waals surface area contributed by atoms with Crippen LogP contribution >= 0.6 is 0 Å². The number of nitrogens with one attached hydrogen (secondary N) is 3. The van der Waals surface area contributed by atoms with Gasteiger partial charge in [-0.3, -0.25) is 9.62 Å². The lowest BCUT2D eigenvalue weighted by atomic mass is 9.93. The van der Waals surface area contributed by atoms with Crippen LogP contribution in [0.2, 0.25) is 0 Å². The quantitative estimate of drug-likeness (QED) is 0.427. The van der Waals surface area contributed by atoms with Gasteiger partial charge in [0.05, 0.1) is 18.4 Å². The summed E-state index contributed by atoms with van der Waals surface area (Å²) in [5.74, 6) is 1.33. The van der Waals surface area contributed by atoms with E-state index in [0.29, 0.717) is 17.2 Å². The number of urea groups is 1. The minimum absolute atomic E-state index is 0.137. The van der Waals surface area contributed by atoms with Crippen LogP contribution in [0.25, 0.3) is 0 Å². The maximum atomic E-state index is 12.3. The zero-order chi connectivity index (χ0) is 25.5. The number of hydrogen-bond donors (Lipinski definition) is 4. The van der Waals surface area contributed by atoms with E-state index >= 15 is 0 Å². The number of aliphatic hydroxyl groups excluding tert-OH is 1. The van der Waals surface area contributed by atoms with E-state index in [0.717, 1.165) is 64.4 Å². The fourth-order valence-electron chi connectivity index (χ4n) is 4.77. The van der Waals surface area contributed by atoms with Crippen LogP contribution in [0, 0.1) is 0 Å². The third-order valence-corrected chi connectivity index (χ3v) is 7.30. The second-order valence-electron chi connectivity index (χ2n) is 9.77. The lowest BCUT2D eigenvalue weighted by Gasteiger charge is -2.33. The maximum Gasteiger partial charge on any atom is 0.315 e. The van der Waals surface area contributed by atoms with Gasteiger partial charge in [0, 0.05) is 31.4 Å². The summed E-state index contributed by atoms with van der Waals surface area (Å²) in [6.07, 6.45) is 6.13. The van der Waals surface area contributed by atoms with E-state index in [9.17, 15) is 18.3 Å². The molecule has 4 rings (SSSR count). The summed E-state index contributed by atoms with van der Waals surface area (Å²) in [4.78, 5) is 14.7. The Morgan fingerprint density at radius 3 is 2.17 bits per heavy atom. The molecule has 10 heteroatoms. The van der Waals surface area contributed by atoms with Crippen molar-refractivity contribution in [1.82, 2.24) is 15.5 Å². The number of piperidine rings is 1. The number of benzene rings is 2. The lowest BCUT2D eigenvalue weighted by Crippen LogP contribution is -2.53. The molecule has 1 heterocycles. The van der Waals surface area contributed by atoms with Crippen LogP contribution in [-0.2, 0) is 16.6 Å². The van der Waals surface area contributed by atoms with E-state index in [1.54, 1.807) is 24.3 Å². The SMILES string of the molecule is CS(=O)(=O)Nc1ccc(Oc2ccc(CN3CCC(NC(=O)N[C@@H]4CCCC[C@H]4O)CC3)cc2)cc1. The zero-order valence-corrected chi connectivity index (χ0v) is 21.5. The molecule has 196 valence electrons. The fraction of sp³-hybridized carbons (Fsp3) is 0.500. The Balaban J connectivity index is 1.18. The van der Waals surface area contributed by atoms with E-state index in [-0.39, 0.29) is 18.1 Å². The molecular weight excluding hydrogens is 480 g/mol. The number of ether oxygens (including phenoxy) is 1. The Bertz CT molecular complexity index is 1100. The highest BCUT2D eigenvalue weighted by Crippen LogP contribution is 2.24. The van der Waals surface area contributed by atoms with Gasteiger partial charge in [-0.1, -0.05) is 25.0 Å². The molecule has 0 bridgehead atoms. The average Bonchev–Trinajstić information content (AvgIpc) is 2.83. The standard InChI is InChI=1S/C26H36N4O5S/c1-36(33,34)29-21-8-12-23(13-9-21)35-22-10-6-19(7-11-22)18-30-16-14-20(15-17-30)27-26(32)28-24-4-2-3-5-25(24)31/h6-13,20,24-25,29,31H,2-5,14-18H2,1H3,(H2,27,28,32)/t24-,25-/m1/s1. The van der Waals surface area contributed by atoms with E-state index in [2.05, 4.69) is 20.3 Å². The van der Waals surface area contributed by atoms with Gasteiger partial charge in [-0.25, -0.2) is 13.2 Å². The highest BCUT2D eigenvalue weighted by atomic mass is 32.2. The van der Waals surface area contributed by atoms with E-state index in [1.165, 1.54) is 5.56 Å². The minimum Gasteiger partial charge on any atom is -0.457 e. The number of amides is 2. The highest BCUT2D eigenvalue weighted by molar-refractivity contribution is 7.92. The molecule has 1 saturated heterocycles. The summed E-state index contributed by atoms with van der Waals surface area (Å²) < 4.78 is 30.9. The Hall–Kier alpha value is -2.82. The number of nitrogens with zero attached hydrogens (tertiary/aromatic N) is 1. The average molecular weight is 517 g/mol. The Labute approximate surface area is 213 Å². The molecule has 0 unspecified atom stereocenters. The van der Waals surface area contributed by atoms with Gasteiger partial charge in [-0.15, -0.1) is 0 Å². The first-order valence-electron chi connectivity index (χ1n) is 12.6. The van der Waals surface area contributed by atoms with Gasteiger partial charge in [0.2, 0.25) is 10.0 Å². The predicted octanol–water partition coefficient (Wildman–Crippen LogP) is 3.42. The van der Waals surface area contributed by atoms with Gasteiger partial charge in [0.15, 0.2) is 0 Å². The molecule has 0 radical (unpaired) electrons. The first kappa shape index (κ1) is 26.2. The van der Waals surface area contributed by atoms with Crippen molar-refractivity contribution in [3.8, 4) is 11.5 Å². The molecule has 9 nitrogen and oxygen atoms in total. The normalized spacial score (nSPS) is 21.5.